The molecule has 0 radical (unpaired) electrons. The molecule has 0 spiro atoms. The number of nitrogens with one attached hydrogen (secondary N) is 1. The lowest BCUT2D eigenvalue weighted by Crippen LogP contribution is -2.45. The first kappa shape index (κ1) is 18.2. The van der Waals surface area contributed by atoms with Crippen molar-refractivity contribution in [3.05, 3.63) is 59.9 Å². The molecule has 1 aliphatic rings. The lowest BCUT2D eigenvalue weighted by molar-refractivity contribution is 0.0682. The molecule has 1 N–H and O–H groups in total. The van der Waals surface area contributed by atoms with Crippen LogP contribution < -0.4 is 5.32 Å². The summed E-state index contributed by atoms with van der Waals surface area (Å²) in [5.74, 6) is 0.864. The van der Waals surface area contributed by atoms with Crippen LogP contribution >= 0.6 is 0 Å². The highest BCUT2D eigenvalue weighted by atomic mass is 16.3. The van der Waals surface area contributed by atoms with Crippen molar-refractivity contribution in [1.82, 2.24) is 19.9 Å². The molecule has 4 rings (SSSR count). The maximum absolute atomic E-state index is 12.5. The van der Waals surface area contributed by atoms with Gasteiger partial charge in [0.25, 0.3) is 5.91 Å². The smallest absolute Gasteiger partial charge is 0.289 e. The highest BCUT2D eigenvalue weighted by Gasteiger charge is 2.26. The number of pyridine rings is 1. The third-order valence-electron chi connectivity index (χ3n) is 4.93. The predicted octanol–water partition coefficient (Wildman–Crippen LogP) is 3.47. The minimum atomic E-state index is -0.0764. The number of furan rings is 1. The molecule has 1 aliphatic heterocycles. The molecule has 4 heterocycles. The maximum atomic E-state index is 12.5. The van der Waals surface area contributed by atoms with E-state index in [0.29, 0.717) is 18.3 Å². The van der Waals surface area contributed by atoms with Gasteiger partial charge in [0.05, 0.1) is 12.0 Å². The molecule has 0 bridgehead atoms. The predicted molar refractivity (Wildman–Crippen MR) is 106 cm³/mol. The molecule has 1 atom stereocenters. The van der Waals surface area contributed by atoms with Crippen molar-refractivity contribution in [3.63, 3.8) is 0 Å². The van der Waals surface area contributed by atoms with Crippen molar-refractivity contribution < 1.29 is 9.21 Å². The minimum Gasteiger partial charge on any atom is -0.459 e. The zero-order valence-corrected chi connectivity index (χ0v) is 16.1. The van der Waals surface area contributed by atoms with E-state index < -0.39 is 0 Å². The molecular formula is C21H23N5O2. The number of amides is 1. The van der Waals surface area contributed by atoms with Gasteiger partial charge < -0.3 is 14.6 Å². The average Bonchev–Trinajstić information content (AvgIpc) is 3.23. The number of hydrogen-bond acceptors (Lipinski definition) is 6. The Kier molecular flexibility index (Phi) is 5.06. The Morgan fingerprint density at radius 1 is 1.21 bits per heavy atom. The lowest BCUT2D eigenvalue weighted by atomic mass is 10.1. The Morgan fingerprint density at radius 2 is 2.11 bits per heavy atom. The van der Waals surface area contributed by atoms with Crippen LogP contribution in [0.1, 0.15) is 34.8 Å². The minimum absolute atomic E-state index is 0.0764. The number of likely N-dealkylation sites (tertiary alicyclic amines) is 1. The zero-order valence-electron chi connectivity index (χ0n) is 16.1. The summed E-state index contributed by atoms with van der Waals surface area (Å²) in [6.45, 7) is 5.28. The molecule has 7 heteroatoms. The third-order valence-corrected chi connectivity index (χ3v) is 4.93. The van der Waals surface area contributed by atoms with Gasteiger partial charge in [0, 0.05) is 42.3 Å². The number of nitrogens with zero attached hydrogens (tertiary/aromatic N) is 4. The van der Waals surface area contributed by atoms with Crippen molar-refractivity contribution in [2.75, 3.05) is 18.4 Å². The van der Waals surface area contributed by atoms with Crippen LogP contribution in [0.3, 0.4) is 0 Å². The molecular weight excluding hydrogens is 354 g/mol. The molecule has 3 aromatic rings. The largest absolute Gasteiger partial charge is 0.459 e. The molecule has 1 fully saturated rings. The summed E-state index contributed by atoms with van der Waals surface area (Å²) in [7, 11) is 0. The topological polar surface area (TPSA) is 84.2 Å². The van der Waals surface area contributed by atoms with Crippen molar-refractivity contribution in [2.24, 2.45) is 0 Å². The molecule has 1 unspecified atom stereocenters. The van der Waals surface area contributed by atoms with E-state index >= 15 is 0 Å². The van der Waals surface area contributed by atoms with Gasteiger partial charge in [0.2, 0.25) is 5.95 Å². The third kappa shape index (κ3) is 3.88. The summed E-state index contributed by atoms with van der Waals surface area (Å²) in [4.78, 5) is 27.9. The quantitative estimate of drug-likeness (QED) is 0.749. The monoisotopic (exact) mass is 377 g/mol. The van der Waals surface area contributed by atoms with Crippen LogP contribution in [0.5, 0.6) is 0 Å². The van der Waals surface area contributed by atoms with E-state index in [4.69, 9.17) is 4.42 Å². The van der Waals surface area contributed by atoms with Crippen LogP contribution in [0.2, 0.25) is 0 Å². The standard InChI is InChI=1S/C21H23N5O2/c1-14-7-8-17(15(2)23-14)18-9-10-22-21(25-18)24-16-5-3-11-26(13-16)20(27)19-6-4-12-28-19/h4,6-10,12,16H,3,5,11,13H2,1-2H3,(H,22,24,25). The number of carbonyl (C=O) groups excluding carboxylic acids is 1. The van der Waals surface area contributed by atoms with Gasteiger partial charge in [-0.1, -0.05) is 0 Å². The van der Waals surface area contributed by atoms with E-state index in [0.717, 1.165) is 42.0 Å². The fourth-order valence-corrected chi connectivity index (χ4v) is 3.55. The first-order valence-electron chi connectivity index (χ1n) is 9.47. The van der Waals surface area contributed by atoms with E-state index in [9.17, 15) is 4.79 Å². The Bertz CT molecular complexity index is 971. The van der Waals surface area contributed by atoms with Crippen LogP contribution in [0.4, 0.5) is 5.95 Å². The van der Waals surface area contributed by atoms with E-state index in [2.05, 4.69) is 20.3 Å². The van der Waals surface area contributed by atoms with Gasteiger partial charge in [-0.05, 0) is 57.0 Å². The zero-order chi connectivity index (χ0) is 19.5. The SMILES string of the molecule is Cc1ccc(-c2ccnc(NC3CCCN(C(=O)c4ccco4)C3)n2)c(C)n1. The van der Waals surface area contributed by atoms with Gasteiger partial charge in [-0.2, -0.15) is 0 Å². The lowest BCUT2D eigenvalue weighted by Gasteiger charge is -2.32. The molecule has 3 aromatic heterocycles. The fraction of sp³-hybridized carbons (Fsp3) is 0.333. The number of aromatic nitrogens is 3. The van der Waals surface area contributed by atoms with Gasteiger partial charge in [-0.3, -0.25) is 9.78 Å². The molecule has 1 saturated heterocycles. The molecule has 0 aromatic carbocycles. The van der Waals surface area contributed by atoms with E-state index in [1.807, 2.05) is 36.9 Å². The van der Waals surface area contributed by atoms with Crippen molar-refractivity contribution in [1.29, 1.82) is 0 Å². The molecule has 1 amide bonds. The van der Waals surface area contributed by atoms with Gasteiger partial charge in [0.15, 0.2) is 5.76 Å². The number of rotatable bonds is 4. The van der Waals surface area contributed by atoms with E-state index in [1.54, 1.807) is 18.3 Å². The maximum Gasteiger partial charge on any atom is 0.289 e. The van der Waals surface area contributed by atoms with E-state index in [1.165, 1.54) is 6.26 Å². The van der Waals surface area contributed by atoms with Crippen molar-refractivity contribution in [2.45, 2.75) is 32.7 Å². The van der Waals surface area contributed by atoms with Gasteiger partial charge in [0.1, 0.15) is 0 Å². The van der Waals surface area contributed by atoms with Crippen LogP contribution in [0.25, 0.3) is 11.3 Å². The average molecular weight is 377 g/mol. The normalized spacial score (nSPS) is 16.8. The summed E-state index contributed by atoms with van der Waals surface area (Å²) >= 11 is 0. The Morgan fingerprint density at radius 3 is 2.89 bits per heavy atom. The van der Waals surface area contributed by atoms with Crippen LogP contribution in [-0.4, -0.2) is 44.9 Å². The Hall–Kier alpha value is -3.22. The Labute approximate surface area is 163 Å². The fourth-order valence-electron chi connectivity index (χ4n) is 3.55. The summed E-state index contributed by atoms with van der Waals surface area (Å²) in [6.07, 6.45) is 5.15. The van der Waals surface area contributed by atoms with Gasteiger partial charge in [-0.15, -0.1) is 0 Å². The highest BCUT2D eigenvalue weighted by molar-refractivity contribution is 5.91. The summed E-state index contributed by atoms with van der Waals surface area (Å²) in [6, 6.07) is 9.43. The molecule has 0 saturated carbocycles. The van der Waals surface area contributed by atoms with Gasteiger partial charge in [-0.25, -0.2) is 9.97 Å². The summed E-state index contributed by atoms with van der Waals surface area (Å²) < 4.78 is 5.24. The number of aryl methyl sites for hydroxylation is 2. The molecule has 0 aliphatic carbocycles. The summed E-state index contributed by atoms with van der Waals surface area (Å²) in [5, 5.41) is 3.38. The van der Waals surface area contributed by atoms with E-state index in [-0.39, 0.29) is 11.9 Å². The molecule has 144 valence electrons. The van der Waals surface area contributed by atoms with Crippen LogP contribution in [-0.2, 0) is 0 Å². The van der Waals surface area contributed by atoms with Crippen LogP contribution in [0, 0.1) is 13.8 Å². The van der Waals surface area contributed by atoms with Gasteiger partial charge >= 0.3 is 0 Å². The first-order valence-corrected chi connectivity index (χ1v) is 9.47. The Balaban J connectivity index is 1.47. The molecule has 28 heavy (non-hydrogen) atoms. The van der Waals surface area contributed by atoms with Crippen molar-refractivity contribution in [3.8, 4) is 11.3 Å². The summed E-state index contributed by atoms with van der Waals surface area (Å²) in [5.41, 5.74) is 3.76. The second-order valence-corrected chi connectivity index (χ2v) is 7.06. The highest BCUT2D eigenvalue weighted by Crippen LogP contribution is 2.22. The second kappa shape index (κ2) is 7.80. The molecule has 7 nitrogen and oxygen atoms in total. The van der Waals surface area contributed by atoms with Crippen molar-refractivity contribution >= 4 is 11.9 Å². The number of hydrogen-bond donors (Lipinski definition) is 1. The number of anilines is 1. The first-order chi connectivity index (χ1) is 13.6. The second-order valence-electron chi connectivity index (χ2n) is 7.06. The number of piperidine rings is 1. The van der Waals surface area contributed by atoms with Crippen LogP contribution in [0.15, 0.2) is 47.2 Å². The number of carbonyl (C=O) groups is 1.